The highest BCUT2D eigenvalue weighted by Crippen LogP contribution is 2.21. The molecule has 1 unspecified atom stereocenters. The molecule has 1 fully saturated rings. The summed E-state index contributed by atoms with van der Waals surface area (Å²) in [5.41, 5.74) is 0.897. The number of hydrogen-bond donors (Lipinski definition) is 1. The third-order valence-electron chi connectivity index (χ3n) is 4.27. The van der Waals surface area contributed by atoms with Crippen molar-refractivity contribution >= 4 is 5.82 Å². The maximum Gasteiger partial charge on any atom is 0.146 e. The van der Waals surface area contributed by atoms with Crippen molar-refractivity contribution in [3.8, 4) is 6.07 Å². The van der Waals surface area contributed by atoms with Gasteiger partial charge >= 0.3 is 0 Å². The van der Waals surface area contributed by atoms with Crippen molar-refractivity contribution in [2.75, 3.05) is 37.6 Å². The maximum absolute atomic E-state index is 13.7. The van der Waals surface area contributed by atoms with Crippen molar-refractivity contribution in [3.05, 3.63) is 59.5 Å². The standard InChI is InChI=1S/C18H19FN4O/c19-16-6-2-1-5-15(16)17(24)13-22-8-10-23(11-9-22)18-14(12-20)4-3-7-21-18/h1-7,17,24H,8-11,13H2. The molecule has 1 aromatic heterocycles. The summed E-state index contributed by atoms with van der Waals surface area (Å²) < 4.78 is 13.7. The molecule has 1 aliphatic heterocycles. The van der Waals surface area contributed by atoms with Crippen molar-refractivity contribution in [2.24, 2.45) is 0 Å². The van der Waals surface area contributed by atoms with Gasteiger partial charge in [-0.15, -0.1) is 0 Å². The predicted octanol–water partition coefficient (Wildman–Crippen LogP) is 1.95. The van der Waals surface area contributed by atoms with Crippen molar-refractivity contribution in [1.29, 1.82) is 5.26 Å². The second-order valence-corrected chi connectivity index (χ2v) is 5.81. The smallest absolute Gasteiger partial charge is 0.146 e. The largest absolute Gasteiger partial charge is 0.387 e. The highest BCUT2D eigenvalue weighted by atomic mass is 19.1. The van der Waals surface area contributed by atoms with E-state index >= 15 is 0 Å². The number of hydrogen-bond acceptors (Lipinski definition) is 5. The van der Waals surface area contributed by atoms with Gasteiger partial charge in [0.05, 0.1) is 11.7 Å². The van der Waals surface area contributed by atoms with E-state index < -0.39 is 6.10 Å². The molecule has 0 amide bonds. The van der Waals surface area contributed by atoms with Crippen LogP contribution < -0.4 is 4.90 Å². The lowest BCUT2D eigenvalue weighted by molar-refractivity contribution is 0.106. The van der Waals surface area contributed by atoms with Crippen molar-refractivity contribution in [2.45, 2.75) is 6.10 Å². The number of halogens is 1. The van der Waals surface area contributed by atoms with E-state index in [4.69, 9.17) is 0 Å². The van der Waals surface area contributed by atoms with Crippen LogP contribution in [0, 0.1) is 17.1 Å². The molecule has 6 heteroatoms. The molecule has 3 rings (SSSR count). The number of nitriles is 1. The Labute approximate surface area is 140 Å². The molecule has 1 saturated heterocycles. The van der Waals surface area contributed by atoms with Crippen LogP contribution in [0.1, 0.15) is 17.2 Å². The summed E-state index contributed by atoms with van der Waals surface area (Å²) in [7, 11) is 0. The monoisotopic (exact) mass is 326 g/mol. The van der Waals surface area contributed by atoms with Gasteiger partial charge in [-0.25, -0.2) is 9.37 Å². The number of aliphatic hydroxyl groups is 1. The van der Waals surface area contributed by atoms with Gasteiger partial charge in [0.2, 0.25) is 0 Å². The summed E-state index contributed by atoms with van der Waals surface area (Å²) in [5.74, 6) is 0.324. The molecule has 1 N–H and O–H groups in total. The van der Waals surface area contributed by atoms with Crippen LogP contribution in [0.15, 0.2) is 42.6 Å². The molecule has 2 aromatic rings. The fourth-order valence-electron chi connectivity index (χ4n) is 2.97. The zero-order chi connectivity index (χ0) is 16.9. The van der Waals surface area contributed by atoms with Gasteiger partial charge in [0.1, 0.15) is 17.7 Å². The van der Waals surface area contributed by atoms with Crippen LogP contribution in [0.2, 0.25) is 0 Å². The topological polar surface area (TPSA) is 63.4 Å². The lowest BCUT2D eigenvalue weighted by Crippen LogP contribution is -2.48. The van der Waals surface area contributed by atoms with Gasteiger partial charge in [0, 0.05) is 44.5 Å². The average Bonchev–Trinajstić information content (AvgIpc) is 2.62. The normalized spacial score (nSPS) is 16.6. The fourth-order valence-corrected chi connectivity index (χ4v) is 2.97. The van der Waals surface area contributed by atoms with Gasteiger partial charge < -0.3 is 10.0 Å². The number of β-amino-alcohol motifs (C(OH)–C–C–N with tert-alkyl or cyclic N) is 1. The molecule has 0 bridgehead atoms. The lowest BCUT2D eigenvalue weighted by Gasteiger charge is -2.36. The van der Waals surface area contributed by atoms with Gasteiger partial charge in [0.15, 0.2) is 0 Å². The zero-order valence-corrected chi connectivity index (χ0v) is 13.3. The van der Waals surface area contributed by atoms with Gasteiger partial charge in [-0.05, 0) is 18.2 Å². The van der Waals surface area contributed by atoms with E-state index in [1.807, 2.05) is 0 Å². The molecule has 0 aliphatic carbocycles. The first kappa shape index (κ1) is 16.4. The first-order valence-corrected chi connectivity index (χ1v) is 7.94. The van der Waals surface area contributed by atoms with E-state index in [9.17, 15) is 14.8 Å². The first-order valence-electron chi connectivity index (χ1n) is 7.94. The molecule has 0 radical (unpaired) electrons. The Balaban J connectivity index is 1.60. The third kappa shape index (κ3) is 3.53. The van der Waals surface area contributed by atoms with E-state index in [-0.39, 0.29) is 5.82 Å². The van der Waals surface area contributed by atoms with Crippen molar-refractivity contribution in [3.63, 3.8) is 0 Å². The molecule has 0 spiro atoms. The minimum atomic E-state index is -0.845. The van der Waals surface area contributed by atoms with Crippen molar-refractivity contribution < 1.29 is 9.50 Å². The Kier molecular flexibility index (Phi) is 5.04. The van der Waals surface area contributed by atoms with Crippen LogP contribution in [-0.2, 0) is 0 Å². The van der Waals surface area contributed by atoms with Gasteiger partial charge in [0.25, 0.3) is 0 Å². The SMILES string of the molecule is N#Cc1cccnc1N1CCN(CC(O)c2ccccc2F)CC1. The van der Waals surface area contributed by atoms with Gasteiger partial charge in [-0.1, -0.05) is 18.2 Å². The molecule has 1 aliphatic rings. The molecule has 5 nitrogen and oxygen atoms in total. The van der Waals surface area contributed by atoms with Crippen LogP contribution in [0.3, 0.4) is 0 Å². The first-order chi connectivity index (χ1) is 11.7. The second kappa shape index (κ2) is 7.39. The average molecular weight is 326 g/mol. The number of aromatic nitrogens is 1. The fraction of sp³-hybridized carbons (Fsp3) is 0.333. The number of pyridine rings is 1. The van der Waals surface area contributed by atoms with Crippen LogP contribution in [0.4, 0.5) is 10.2 Å². The highest BCUT2D eigenvalue weighted by molar-refractivity contribution is 5.53. The molecule has 1 aromatic carbocycles. The van der Waals surface area contributed by atoms with Crippen LogP contribution in [0.25, 0.3) is 0 Å². The van der Waals surface area contributed by atoms with Crippen LogP contribution >= 0.6 is 0 Å². The molecular weight excluding hydrogens is 307 g/mol. The Hall–Kier alpha value is -2.49. The Morgan fingerprint density at radius 2 is 1.92 bits per heavy atom. The summed E-state index contributed by atoms with van der Waals surface area (Å²) >= 11 is 0. The second-order valence-electron chi connectivity index (χ2n) is 5.81. The number of benzene rings is 1. The quantitative estimate of drug-likeness (QED) is 0.930. The minimum Gasteiger partial charge on any atom is -0.387 e. The van der Waals surface area contributed by atoms with Gasteiger partial charge in [-0.2, -0.15) is 5.26 Å². The molecule has 1 atom stereocenters. The summed E-state index contributed by atoms with van der Waals surface area (Å²) in [6, 6.07) is 12.0. The van der Waals surface area contributed by atoms with E-state index in [0.29, 0.717) is 23.5 Å². The number of rotatable bonds is 4. The molecule has 2 heterocycles. The molecular formula is C18H19FN4O. The number of anilines is 1. The van der Waals surface area contributed by atoms with Crippen LogP contribution in [0.5, 0.6) is 0 Å². The third-order valence-corrected chi connectivity index (χ3v) is 4.27. The van der Waals surface area contributed by atoms with E-state index in [1.165, 1.54) is 6.07 Å². The summed E-state index contributed by atoms with van der Waals surface area (Å²) in [5, 5.41) is 19.4. The number of aliphatic hydroxyl groups excluding tert-OH is 1. The van der Waals surface area contributed by atoms with E-state index in [2.05, 4.69) is 20.9 Å². The molecule has 24 heavy (non-hydrogen) atoms. The van der Waals surface area contributed by atoms with E-state index in [1.54, 1.807) is 36.5 Å². The molecule has 0 saturated carbocycles. The maximum atomic E-state index is 13.7. The Morgan fingerprint density at radius 3 is 2.62 bits per heavy atom. The van der Waals surface area contributed by atoms with E-state index in [0.717, 1.165) is 26.2 Å². The Morgan fingerprint density at radius 1 is 1.17 bits per heavy atom. The predicted molar refractivity (Wildman–Crippen MR) is 89.0 cm³/mol. The number of nitrogens with zero attached hydrogens (tertiary/aromatic N) is 4. The highest BCUT2D eigenvalue weighted by Gasteiger charge is 2.23. The zero-order valence-electron chi connectivity index (χ0n) is 13.3. The molecule has 124 valence electrons. The minimum absolute atomic E-state index is 0.330. The summed E-state index contributed by atoms with van der Waals surface area (Å²) in [4.78, 5) is 8.48. The van der Waals surface area contributed by atoms with Crippen molar-refractivity contribution in [1.82, 2.24) is 9.88 Å². The summed E-state index contributed by atoms with van der Waals surface area (Å²) in [6.45, 7) is 3.29. The number of piperazine rings is 1. The summed E-state index contributed by atoms with van der Waals surface area (Å²) in [6.07, 6.45) is 0.840. The van der Waals surface area contributed by atoms with Gasteiger partial charge in [-0.3, -0.25) is 4.90 Å². The lowest BCUT2D eigenvalue weighted by atomic mass is 10.1. The van der Waals surface area contributed by atoms with Crippen LogP contribution in [-0.4, -0.2) is 47.7 Å². The Bertz CT molecular complexity index is 738.